The van der Waals surface area contributed by atoms with Gasteiger partial charge in [0.05, 0.1) is 30.9 Å². The first kappa shape index (κ1) is 17.4. The number of hydrogen-bond acceptors (Lipinski definition) is 6. The number of hydrogen-bond donors (Lipinski definition) is 0. The molecule has 0 aliphatic carbocycles. The lowest BCUT2D eigenvalue weighted by Crippen LogP contribution is -2.31. The van der Waals surface area contributed by atoms with Crippen LogP contribution in [0, 0.1) is 11.3 Å². The molecule has 1 aromatic carbocycles. The Labute approximate surface area is 150 Å². The Morgan fingerprint density at radius 1 is 1.23 bits per heavy atom. The molecule has 1 fully saturated rings. The van der Waals surface area contributed by atoms with Crippen LogP contribution in [0.3, 0.4) is 0 Å². The number of likely N-dealkylation sites (tertiary alicyclic amines) is 1. The van der Waals surface area contributed by atoms with Crippen molar-refractivity contribution < 1.29 is 19.1 Å². The molecular formula is C19H17N3O4. The molecule has 1 aliphatic heterocycles. The molecule has 1 aliphatic rings. The number of pyridine rings is 1. The maximum Gasteiger partial charge on any atom is 0.337 e. The topological polar surface area (TPSA) is 92.5 Å². The van der Waals surface area contributed by atoms with Crippen LogP contribution < -0.4 is 4.74 Å². The SMILES string of the molecule is COC(=O)c1ccc(C(=O)N2CCC(Oc3cc(C#N)ccn3)C2)cc1. The highest BCUT2D eigenvalue weighted by Crippen LogP contribution is 2.19. The summed E-state index contributed by atoms with van der Waals surface area (Å²) in [5.74, 6) is -0.178. The van der Waals surface area contributed by atoms with Crippen molar-refractivity contribution in [3.8, 4) is 11.9 Å². The van der Waals surface area contributed by atoms with E-state index in [9.17, 15) is 9.59 Å². The number of benzene rings is 1. The summed E-state index contributed by atoms with van der Waals surface area (Å²) in [6.45, 7) is 1.01. The maximum atomic E-state index is 12.6. The van der Waals surface area contributed by atoms with Gasteiger partial charge in [0.1, 0.15) is 6.10 Å². The Kier molecular flexibility index (Phi) is 5.13. The first-order valence-electron chi connectivity index (χ1n) is 8.11. The quantitative estimate of drug-likeness (QED) is 0.783. The Morgan fingerprint density at radius 3 is 2.65 bits per heavy atom. The predicted octanol–water partition coefficient (Wildman–Crippen LogP) is 2.03. The molecule has 2 aromatic rings. The Balaban J connectivity index is 1.62. The minimum atomic E-state index is -0.439. The van der Waals surface area contributed by atoms with Crippen LogP contribution in [0.1, 0.15) is 32.7 Å². The van der Waals surface area contributed by atoms with E-state index in [1.54, 1.807) is 41.3 Å². The van der Waals surface area contributed by atoms with Crippen LogP contribution in [0.15, 0.2) is 42.6 Å². The van der Waals surface area contributed by atoms with Crippen LogP contribution >= 0.6 is 0 Å². The molecule has 2 heterocycles. The predicted molar refractivity (Wildman–Crippen MR) is 91.7 cm³/mol. The number of aromatic nitrogens is 1. The molecule has 132 valence electrons. The summed E-state index contributed by atoms with van der Waals surface area (Å²) in [5, 5.41) is 8.92. The summed E-state index contributed by atoms with van der Waals surface area (Å²) in [7, 11) is 1.31. The average molecular weight is 351 g/mol. The van der Waals surface area contributed by atoms with Crippen molar-refractivity contribution in [1.29, 1.82) is 5.26 Å². The standard InChI is InChI=1S/C19H17N3O4/c1-25-19(24)15-4-2-14(3-5-15)18(23)22-9-7-16(12-22)26-17-10-13(11-20)6-8-21-17/h2-6,8,10,16H,7,9,12H2,1H3. The van der Waals surface area contributed by atoms with Gasteiger partial charge in [0.15, 0.2) is 0 Å². The summed E-state index contributed by atoms with van der Waals surface area (Å²) in [6.07, 6.45) is 2.04. The number of esters is 1. The number of carbonyl (C=O) groups is 2. The molecule has 7 heteroatoms. The zero-order chi connectivity index (χ0) is 18.5. The Morgan fingerprint density at radius 2 is 1.96 bits per heavy atom. The fourth-order valence-corrected chi connectivity index (χ4v) is 2.77. The third-order valence-electron chi connectivity index (χ3n) is 4.14. The van der Waals surface area contributed by atoms with E-state index in [2.05, 4.69) is 9.72 Å². The van der Waals surface area contributed by atoms with Gasteiger partial charge in [-0.1, -0.05) is 0 Å². The third-order valence-corrected chi connectivity index (χ3v) is 4.14. The van der Waals surface area contributed by atoms with E-state index < -0.39 is 5.97 Å². The first-order chi connectivity index (χ1) is 12.6. The summed E-state index contributed by atoms with van der Waals surface area (Å²) in [5.41, 5.74) is 1.38. The summed E-state index contributed by atoms with van der Waals surface area (Å²) < 4.78 is 10.4. The number of nitriles is 1. The second kappa shape index (κ2) is 7.66. The second-order valence-electron chi connectivity index (χ2n) is 5.84. The van der Waals surface area contributed by atoms with Crippen molar-refractivity contribution >= 4 is 11.9 Å². The first-order valence-corrected chi connectivity index (χ1v) is 8.11. The zero-order valence-corrected chi connectivity index (χ0v) is 14.2. The van der Waals surface area contributed by atoms with Crippen LogP contribution in [0.2, 0.25) is 0 Å². The molecule has 1 atom stereocenters. The monoisotopic (exact) mass is 351 g/mol. The zero-order valence-electron chi connectivity index (χ0n) is 14.2. The van der Waals surface area contributed by atoms with Crippen molar-refractivity contribution in [2.75, 3.05) is 20.2 Å². The largest absolute Gasteiger partial charge is 0.472 e. The van der Waals surface area contributed by atoms with Crippen molar-refractivity contribution in [2.45, 2.75) is 12.5 Å². The molecule has 3 rings (SSSR count). The van der Waals surface area contributed by atoms with E-state index in [4.69, 9.17) is 10.00 Å². The van der Waals surface area contributed by atoms with Crippen molar-refractivity contribution in [1.82, 2.24) is 9.88 Å². The summed E-state index contributed by atoms with van der Waals surface area (Å²) in [6, 6.07) is 11.6. The Hall–Kier alpha value is -3.40. The highest BCUT2D eigenvalue weighted by molar-refractivity contribution is 5.96. The lowest BCUT2D eigenvalue weighted by atomic mass is 10.1. The fourth-order valence-electron chi connectivity index (χ4n) is 2.77. The Bertz CT molecular complexity index is 858. The van der Waals surface area contributed by atoms with Crippen LogP contribution in [0.5, 0.6) is 5.88 Å². The third kappa shape index (κ3) is 3.81. The fraction of sp³-hybridized carbons (Fsp3) is 0.263. The van der Waals surface area contributed by atoms with Gasteiger partial charge in [-0.05, 0) is 30.3 Å². The highest BCUT2D eigenvalue weighted by atomic mass is 16.5. The van der Waals surface area contributed by atoms with E-state index >= 15 is 0 Å². The number of carbonyl (C=O) groups excluding carboxylic acids is 2. The number of amides is 1. The molecule has 0 radical (unpaired) electrons. The molecule has 0 N–H and O–H groups in total. The average Bonchev–Trinajstić information content (AvgIpc) is 3.15. The molecule has 7 nitrogen and oxygen atoms in total. The molecule has 1 saturated heterocycles. The van der Waals surface area contributed by atoms with Gasteiger partial charge in [-0.25, -0.2) is 9.78 Å². The van der Waals surface area contributed by atoms with E-state index in [1.165, 1.54) is 13.3 Å². The van der Waals surface area contributed by atoms with E-state index in [-0.39, 0.29) is 12.0 Å². The molecule has 0 bridgehead atoms. The highest BCUT2D eigenvalue weighted by Gasteiger charge is 2.28. The van der Waals surface area contributed by atoms with Gasteiger partial charge in [0, 0.05) is 30.8 Å². The lowest BCUT2D eigenvalue weighted by molar-refractivity contribution is 0.0600. The van der Waals surface area contributed by atoms with Crippen molar-refractivity contribution in [3.63, 3.8) is 0 Å². The van der Waals surface area contributed by atoms with Gasteiger partial charge >= 0.3 is 5.97 Å². The number of ether oxygens (including phenoxy) is 2. The van der Waals surface area contributed by atoms with Crippen LogP contribution in [-0.4, -0.2) is 48.1 Å². The van der Waals surface area contributed by atoms with E-state index in [1.807, 2.05) is 6.07 Å². The molecule has 0 spiro atoms. The van der Waals surface area contributed by atoms with Crippen molar-refractivity contribution in [2.24, 2.45) is 0 Å². The van der Waals surface area contributed by atoms with E-state index in [0.717, 1.165) is 0 Å². The van der Waals surface area contributed by atoms with Crippen LogP contribution in [0.4, 0.5) is 0 Å². The normalized spacial score (nSPS) is 16.0. The summed E-state index contributed by atoms with van der Waals surface area (Å²) >= 11 is 0. The van der Waals surface area contributed by atoms with Crippen LogP contribution in [0.25, 0.3) is 0 Å². The minimum Gasteiger partial charge on any atom is -0.472 e. The molecule has 1 aromatic heterocycles. The number of nitrogens with zero attached hydrogens (tertiary/aromatic N) is 3. The minimum absolute atomic E-state index is 0.119. The van der Waals surface area contributed by atoms with E-state index in [0.29, 0.717) is 42.1 Å². The van der Waals surface area contributed by atoms with Gasteiger partial charge in [0.2, 0.25) is 5.88 Å². The van der Waals surface area contributed by atoms with Gasteiger partial charge in [-0.15, -0.1) is 0 Å². The molecule has 0 saturated carbocycles. The van der Waals surface area contributed by atoms with Gasteiger partial charge < -0.3 is 14.4 Å². The van der Waals surface area contributed by atoms with Gasteiger partial charge in [0.25, 0.3) is 5.91 Å². The van der Waals surface area contributed by atoms with Crippen molar-refractivity contribution in [3.05, 3.63) is 59.3 Å². The summed E-state index contributed by atoms with van der Waals surface area (Å²) in [4.78, 5) is 29.8. The molecular weight excluding hydrogens is 334 g/mol. The van der Waals surface area contributed by atoms with Crippen LogP contribution in [-0.2, 0) is 4.74 Å². The molecule has 1 unspecified atom stereocenters. The number of methoxy groups -OCH3 is 1. The lowest BCUT2D eigenvalue weighted by Gasteiger charge is -2.17. The molecule has 26 heavy (non-hydrogen) atoms. The maximum absolute atomic E-state index is 12.6. The second-order valence-corrected chi connectivity index (χ2v) is 5.84. The van der Waals surface area contributed by atoms with Gasteiger partial charge in [-0.2, -0.15) is 5.26 Å². The smallest absolute Gasteiger partial charge is 0.337 e. The van der Waals surface area contributed by atoms with Gasteiger partial charge in [-0.3, -0.25) is 4.79 Å². The number of rotatable bonds is 4. The molecule has 1 amide bonds.